The number of hydrogen-bond donors (Lipinski definition) is 1. The Labute approximate surface area is 166 Å². The number of hydrogen-bond acceptors (Lipinski definition) is 5. The Morgan fingerprint density at radius 1 is 0.857 bits per heavy atom. The number of amides is 1. The number of carbonyl (C=O) groups excluding carboxylic acids is 1. The third-order valence-corrected chi connectivity index (χ3v) is 5.61. The number of rotatable bonds is 3. The molecule has 0 spiro atoms. The van der Waals surface area contributed by atoms with Crippen molar-refractivity contribution in [3.63, 3.8) is 0 Å². The molecule has 1 amide bonds. The summed E-state index contributed by atoms with van der Waals surface area (Å²) in [7, 11) is 0. The van der Waals surface area contributed by atoms with Crippen LogP contribution in [0.25, 0.3) is 11.3 Å². The fourth-order valence-electron chi connectivity index (χ4n) is 3.99. The Kier molecular flexibility index (Phi) is 6.17. The zero-order valence-electron chi connectivity index (χ0n) is 16.4. The molecule has 0 atom stereocenters. The Morgan fingerprint density at radius 2 is 1.71 bits per heavy atom. The molecule has 2 aromatic rings. The van der Waals surface area contributed by atoms with E-state index in [0.717, 1.165) is 68.3 Å². The Bertz CT molecular complexity index is 776. The minimum atomic E-state index is 0.0969. The van der Waals surface area contributed by atoms with Crippen molar-refractivity contribution < 1.29 is 4.79 Å². The second-order valence-corrected chi connectivity index (χ2v) is 7.65. The van der Waals surface area contributed by atoms with Gasteiger partial charge in [-0.1, -0.05) is 25.0 Å². The molecule has 4 rings (SSSR count). The number of benzene rings is 1. The SMILES string of the molecule is O=C(c1cccc(-c2ccc(N3CCCCCC3)nn2)c1)N1CCCNCC1. The molecule has 2 aliphatic rings. The number of anilines is 1. The second kappa shape index (κ2) is 9.15. The van der Waals surface area contributed by atoms with Crippen molar-refractivity contribution in [2.24, 2.45) is 0 Å². The summed E-state index contributed by atoms with van der Waals surface area (Å²) in [4.78, 5) is 17.2. The Morgan fingerprint density at radius 3 is 2.50 bits per heavy atom. The van der Waals surface area contributed by atoms with Crippen molar-refractivity contribution in [2.75, 3.05) is 44.2 Å². The Hall–Kier alpha value is -2.47. The van der Waals surface area contributed by atoms with Crippen LogP contribution < -0.4 is 10.2 Å². The zero-order valence-corrected chi connectivity index (χ0v) is 16.4. The van der Waals surface area contributed by atoms with E-state index >= 15 is 0 Å². The zero-order chi connectivity index (χ0) is 19.2. The highest BCUT2D eigenvalue weighted by atomic mass is 16.2. The molecule has 1 aromatic carbocycles. The number of carbonyl (C=O) groups is 1. The lowest BCUT2D eigenvalue weighted by Gasteiger charge is -2.21. The van der Waals surface area contributed by atoms with E-state index in [0.29, 0.717) is 0 Å². The van der Waals surface area contributed by atoms with Crippen LogP contribution in [0.5, 0.6) is 0 Å². The van der Waals surface area contributed by atoms with E-state index in [1.807, 2.05) is 35.2 Å². The molecule has 0 radical (unpaired) electrons. The molecule has 28 heavy (non-hydrogen) atoms. The predicted octanol–water partition coefficient (Wildman–Crippen LogP) is 2.96. The first kappa shape index (κ1) is 18.9. The number of nitrogens with zero attached hydrogens (tertiary/aromatic N) is 4. The molecule has 3 heterocycles. The van der Waals surface area contributed by atoms with Crippen molar-refractivity contribution in [3.8, 4) is 11.3 Å². The van der Waals surface area contributed by atoms with E-state index in [2.05, 4.69) is 26.5 Å². The van der Waals surface area contributed by atoms with Gasteiger partial charge in [0.1, 0.15) is 0 Å². The van der Waals surface area contributed by atoms with Gasteiger partial charge in [0.05, 0.1) is 5.69 Å². The van der Waals surface area contributed by atoms with Gasteiger partial charge in [-0.25, -0.2) is 0 Å². The van der Waals surface area contributed by atoms with Crippen molar-refractivity contribution in [3.05, 3.63) is 42.0 Å². The molecular weight excluding hydrogens is 350 g/mol. The molecule has 0 unspecified atom stereocenters. The van der Waals surface area contributed by atoms with Crippen LogP contribution in [-0.4, -0.2) is 60.3 Å². The van der Waals surface area contributed by atoms with Gasteiger partial charge in [-0.2, -0.15) is 0 Å². The highest BCUT2D eigenvalue weighted by Crippen LogP contribution is 2.22. The third kappa shape index (κ3) is 4.50. The van der Waals surface area contributed by atoms with E-state index in [1.54, 1.807) is 0 Å². The molecule has 2 fully saturated rings. The molecule has 2 saturated heterocycles. The first-order chi connectivity index (χ1) is 13.8. The van der Waals surface area contributed by atoms with Gasteiger partial charge in [0.15, 0.2) is 5.82 Å². The summed E-state index contributed by atoms with van der Waals surface area (Å²) in [5.74, 6) is 1.05. The van der Waals surface area contributed by atoms with Crippen molar-refractivity contribution in [2.45, 2.75) is 32.1 Å². The first-order valence-electron chi connectivity index (χ1n) is 10.5. The van der Waals surface area contributed by atoms with Crippen LogP contribution in [0.1, 0.15) is 42.5 Å². The predicted molar refractivity (Wildman–Crippen MR) is 112 cm³/mol. The lowest BCUT2D eigenvalue weighted by molar-refractivity contribution is 0.0766. The number of nitrogens with one attached hydrogen (secondary N) is 1. The van der Waals surface area contributed by atoms with E-state index in [4.69, 9.17) is 0 Å². The van der Waals surface area contributed by atoms with Crippen LogP contribution in [0.15, 0.2) is 36.4 Å². The van der Waals surface area contributed by atoms with Crippen LogP contribution in [0, 0.1) is 0 Å². The summed E-state index contributed by atoms with van der Waals surface area (Å²) >= 11 is 0. The van der Waals surface area contributed by atoms with Crippen LogP contribution in [0.4, 0.5) is 5.82 Å². The van der Waals surface area contributed by atoms with Crippen molar-refractivity contribution in [1.82, 2.24) is 20.4 Å². The fourth-order valence-corrected chi connectivity index (χ4v) is 3.99. The molecule has 0 bridgehead atoms. The molecule has 6 heteroatoms. The molecule has 1 N–H and O–H groups in total. The number of aromatic nitrogens is 2. The summed E-state index contributed by atoms with van der Waals surface area (Å²) in [6.07, 6.45) is 6.04. The van der Waals surface area contributed by atoms with Gasteiger partial charge in [0, 0.05) is 43.9 Å². The second-order valence-electron chi connectivity index (χ2n) is 7.65. The van der Waals surface area contributed by atoms with Crippen LogP contribution in [0.2, 0.25) is 0 Å². The summed E-state index contributed by atoms with van der Waals surface area (Å²) in [5.41, 5.74) is 2.47. The molecule has 0 aliphatic carbocycles. The lowest BCUT2D eigenvalue weighted by atomic mass is 10.1. The molecule has 6 nitrogen and oxygen atoms in total. The van der Waals surface area contributed by atoms with Gasteiger partial charge in [-0.05, 0) is 50.1 Å². The van der Waals surface area contributed by atoms with Crippen LogP contribution in [0.3, 0.4) is 0 Å². The van der Waals surface area contributed by atoms with Crippen molar-refractivity contribution in [1.29, 1.82) is 0 Å². The van der Waals surface area contributed by atoms with Crippen molar-refractivity contribution >= 4 is 11.7 Å². The maximum Gasteiger partial charge on any atom is 0.253 e. The van der Waals surface area contributed by atoms with E-state index in [1.165, 1.54) is 25.7 Å². The molecular formula is C22H29N5O. The highest BCUT2D eigenvalue weighted by molar-refractivity contribution is 5.95. The van der Waals surface area contributed by atoms with E-state index in [-0.39, 0.29) is 5.91 Å². The van der Waals surface area contributed by atoms with Gasteiger partial charge in [0.2, 0.25) is 0 Å². The van der Waals surface area contributed by atoms with Gasteiger partial charge in [0.25, 0.3) is 5.91 Å². The van der Waals surface area contributed by atoms with E-state index < -0.39 is 0 Å². The normalized spacial score (nSPS) is 18.4. The maximum atomic E-state index is 12.9. The van der Waals surface area contributed by atoms with Gasteiger partial charge in [-0.3, -0.25) is 4.79 Å². The molecule has 2 aliphatic heterocycles. The topological polar surface area (TPSA) is 61.4 Å². The van der Waals surface area contributed by atoms with Gasteiger partial charge in [-0.15, -0.1) is 10.2 Å². The summed E-state index contributed by atoms with van der Waals surface area (Å²) < 4.78 is 0. The average molecular weight is 380 g/mol. The summed E-state index contributed by atoms with van der Waals surface area (Å²) in [6, 6.07) is 11.8. The quantitative estimate of drug-likeness (QED) is 0.888. The lowest BCUT2D eigenvalue weighted by Crippen LogP contribution is -2.34. The Balaban J connectivity index is 1.49. The van der Waals surface area contributed by atoms with Crippen LogP contribution >= 0.6 is 0 Å². The van der Waals surface area contributed by atoms with E-state index in [9.17, 15) is 4.79 Å². The maximum absolute atomic E-state index is 12.9. The minimum absolute atomic E-state index is 0.0969. The smallest absolute Gasteiger partial charge is 0.253 e. The van der Waals surface area contributed by atoms with Gasteiger partial charge >= 0.3 is 0 Å². The first-order valence-corrected chi connectivity index (χ1v) is 10.5. The monoisotopic (exact) mass is 379 g/mol. The fraction of sp³-hybridized carbons (Fsp3) is 0.500. The standard InChI is InChI=1S/C22H29N5O/c28-22(27-15-6-11-23-12-16-27)19-8-5-7-18(17-19)20-9-10-21(25-24-20)26-13-3-1-2-4-14-26/h5,7-10,17,23H,1-4,6,11-16H2. The average Bonchev–Trinajstić information content (AvgIpc) is 3.19. The highest BCUT2D eigenvalue weighted by Gasteiger charge is 2.18. The summed E-state index contributed by atoms with van der Waals surface area (Å²) in [6.45, 7) is 5.51. The minimum Gasteiger partial charge on any atom is -0.355 e. The largest absolute Gasteiger partial charge is 0.355 e. The molecule has 148 valence electrons. The third-order valence-electron chi connectivity index (χ3n) is 5.61. The molecule has 0 saturated carbocycles. The van der Waals surface area contributed by atoms with Gasteiger partial charge < -0.3 is 15.1 Å². The molecule has 1 aromatic heterocycles. The van der Waals surface area contributed by atoms with Crippen LogP contribution in [-0.2, 0) is 0 Å². The summed E-state index contributed by atoms with van der Waals surface area (Å²) in [5, 5.41) is 12.3.